The normalized spacial score (nSPS) is 18.1. The van der Waals surface area contributed by atoms with E-state index in [1.807, 2.05) is 6.92 Å². The number of aliphatic hydroxyl groups excluding tert-OH is 1. The molecule has 0 bridgehead atoms. The number of amides is 2. The number of carbonyl (C=O) groups is 2. The van der Waals surface area contributed by atoms with Crippen molar-refractivity contribution in [2.75, 3.05) is 39.2 Å². The maximum Gasteiger partial charge on any atom is 0.275 e. The number of hydrogen-bond donors (Lipinski definition) is 2. The van der Waals surface area contributed by atoms with E-state index < -0.39 is 28.1 Å². The highest BCUT2D eigenvalue weighted by Gasteiger charge is 2.36. The van der Waals surface area contributed by atoms with Crippen LogP contribution in [0.25, 0.3) is 0 Å². The number of para-hydroxylation sites is 1. The average Bonchev–Trinajstić information content (AvgIpc) is 2.99. The Hall–Kier alpha value is -4.07. The first-order valence-corrected chi connectivity index (χ1v) is 14.4. The first-order valence-electron chi connectivity index (χ1n) is 13.0. The van der Waals surface area contributed by atoms with E-state index in [4.69, 9.17) is 9.47 Å². The molecule has 3 atom stereocenters. The van der Waals surface area contributed by atoms with E-state index in [1.54, 1.807) is 37.3 Å². The largest absolute Gasteiger partial charge is 0.497 e. The molecule has 0 spiro atoms. The van der Waals surface area contributed by atoms with Crippen LogP contribution in [0.15, 0.2) is 66.0 Å². The Morgan fingerprint density at radius 1 is 1.24 bits per heavy atom. The lowest BCUT2D eigenvalue weighted by atomic mass is 9.99. The Balaban J connectivity index is 1.71. The fourth-order valence-corrected chi connectivity index (χ4v) is 5.62. The Labute approximate surface area is 239 Å². The summed E-state index contributed by atoms with van der Waals surface area (Å²) in [4.78, 5) is 36.1. The predicted molar refractivity (Wildman–Crippen MR) is 150 cm³/mol. The molecular weight excluding hydrogens is 550 g/mol. The van der Waals surface area contributed by atoms with Crippen LogP contribution in [0, 0.1) is 5.92 Å². The van der Waals surface area contributed by atoms with E-state index >= 15 is 0 Å². The molecule has 0 saturated heterocycles. The van der Waals surface area contributed by atoms with Gasteiger partial charge in [0, 0.05) is 31.9 Å². The molecule has 12 nitrogen and oxygen atoms in total. The minimum atomic E-state index is -3.90. The van der Waals surface area contributed by atoms with Crippen LogP contribution in [0.4, 0.5) is 5.69 Å². The number of aromatic nitrogens is 2. The van der Waals surface area contributed by atoms with Crippen LogP contribution in [-0.2, 0) is 10.0 Å². The van der Waals surface area contributed by atoms with Crippen LogP contribution in [-0.4, -0.2) is 90.5 Å². The molecule has 1 aliphatic heterocycles. The van der Waals surface area contributed by atoms with Crippen molar-refractivity contribution in [2.45, 2.75) is 30.9 Å². The Kier molecular flexibility index (Phi) is 9.21. The number of hydrogen-bond acceptors (Lipinski definition) is 9. The molecule has 13 heteroatoms. The number of methoxy groups -OCH3 is 1. The zero-order chi connectivity index (χ0) is 29.7. The van der Waals surface area contributed by atoms with Gasteiger partial charge in [-0.15, -0.1) is 0 Å². The van der Waals surface area contributed by atoms with Crippen molar-refractivity contribution in [2.24, 2.45) is 5.92 Å². The van der Waals surface area contributed by atoms with Gasteiger partial charge in [0.1, 0.15) is 17.5 Å². The molecule has 4 rings (SSSR count). The molecule has 41 heavy (non-hydrogen) atoms. The average molecular weight is 584 g/mol. The van der Waals surface area contributed by atoms with E-state index in [0.717, 1.165) is 0 Å². The molecule has 0 saturated carbocycles. The van der Waals surface area contributed by atoms with Crippen molar-refractivity contribution >= 4 is 27.5 Å². The van der Waals surface area contributed by atoms with E-state index in [2.05, 4.69) is 15.3 Å². The van der Waals surface area contributed by atoms with Crippen LogP contribution in [0.5, 0.6) is 11.5 Å². The number of aliphatic hydroxyl groups is 1. The third-order valence-corrected chi connectivity index (χ3v) is 8.78. The van der Waals surface area contributed by atoms with Gasteiger partial charge in [0.15, 0.2) is 5.75 Å². The van der Waals surface area contributed by atoms with Crippen LogP contribution >= 0.6 is 0 Å². The molecule has 2 amide bonds. The second-order valence-electron chi connectivity index (χ2n) is 9.81. The molecule has 0 aliphatic carbocycles. The number of likely N-dealkylation sites (N-methyl/N-ethyl adjacent to an activating group) is 1. The quantitative estimate of drug-likeness (QED) is 0.387. The maximum atomic E-state index is 13.7. The zero-order valence-corrected chi connectivity index (χ0v) is 24.0. The van der Waals surface area contributed by atoms with E-state index in [9.17, 15) is 23.1 Å². The number of nitrogens with zero attached hydrogens (tertiary/aromatic N) is 4. The molecule has 1 aliphatic rings. The van der Waals surface area contributed by atoms with Gasteiger partial charge in [0.2, 0.25) is 10.0 Å². The lowest BCUT2D eigenvalue weighted by Gasteiger charge is -2.38. The van der Waals surface area contributed by atoms with Crippen molar-refractivity contribution < 1.29 is 32.6 Å². The minimum Gasteiger partial charge on any atom is -0.497 e. The first kappa shape index (κ1) is 29.9. The highest BCUT2D eigenvalue weighted by Crippen LogP contribution is 2.35. The van der Waals surface area contributed by atoms with Crippen LogP contribution in [0.2, 0.25) is 0 Å². The molecule has 2 heterocycles. The molecule has 0 fully saturated rings. The number of rotatable bonds is 9. The highest BCUT2D eigenvalue weighted by atomic mass is 32.2. The molecule has 218 valence electrons. The first-order chi connectivity index (χ1) is 19.6. The van der Waals surface area contributed by atoms with Crippen molar-refractivity contribution in [3.05, 3.63) is 72.3 Å². The molecule has 0 unspecified atom stereocenters. The molecule has 1 aromatic heterocycles. The number of carbonyl (C=O) groups excluding carboxylic acids is 2. The molecular formula is C28H33N5O7S. The maximum absolute atomic E-state index is 13.7. The molecule has 2 aromatic carbocycles. The Morgan fingerprint density at radius 3 is 2.61 bits per heavy atom. The van der Waals surface area contributed by atoms with E-state index in [-0.39, 0.29) is 59.1 Å². The summed E-state index contributed by atoms with van der Waals surface area (Å²) in [5.41, 5.74) is 0.440. The fraction of sp³-hybridized carbons (Fsp3) is 0.357. The lowest BCUT2D eigenvalue weighted by molar-refractivity contribution is 0.0388. The van der Waals surface area contributed by atoms with Gasteiger partial charge in [-0.25, -0.2) is 13.4 Å². The summed E-state index contributed by atoms with van der Waals surface area (Å²) in [7, 11) is -0.952. The SMILES string of the molecule is COc1ccc(S(=O)(=O)N(C)C[C@@H]2Oc3c(NC(=O)c4cnccn4)cccc3C(=O)N([C@@H](C)CO)C[C@H]2C)cc1. The molecule has 2 N–H and O–H groups in total. The van der Waals surface area contributed by atoms with Gasteiger partial charge in [-0.2, -0.15) is 4.31 Å². The Morgan fingerprint density at radius 2 is 1.98 bits per heavy atom. The summed E-state index contributed by atoms with van der Waals surface area (Å²) in [6, 6.07) is 10.3. The number of fused-ring (bicyclic) bond motifs is 1. The van der Waals surface area contributed by atoms with Crippen LogP contribution < -0.4 is 14.8 Å². The van der Waals surface area contributed by atoms with Crippen molar-refractivity contribution in [1.29, 1.82) is 0 Å². The highest BCUT2D eigenvalue weighted by molar-refractivity contribution is 7.89. The Bertz CT molecular complexity index is 1490. The van der Waals surface area contributed by atoms with Gasteiger partial charge in [0.05, 0.1) is 48.6 Å². The summed E-state index contributed by atoms with van der Waals surface area (Å²) in [5.74, 6) is -0.690. The van der Waals surface area contributed by atoms with Crippen molar-refractivity contribution in [3.8, 4) is 11.5 Å². The number of benzene rings is 2. The van der Waals surface area contributed by atoms with Crippen LogP contribution in [0.3, 0.4) is 0 Å². The number of anilines is 1. The number of ether oxygens (including phenoxy) is 2. The van der Waals surface area contributed by atoms with Gasteiger partial charge in [-0.05, 0) is 43.3 Å². The second-order valence-corrected chi connectivity index (χ2v) is 11.9. The molecule has 0 radical (unpaired) electrons. The van der Waals surface area contributed by atoms with Gasteiger partial charge in [-0.3, -0.25) is 14.6 Å². The monoisotopic (exact) mass is 583 g/mol. The summed E-state index contributed by atoms with van der Waals surface area (Å²) in [6.45, 7) is 3.44. The summed E-state index contributed by atoms with van der Waals surface area (Å²) in [6.07, 6.45) is 3.40. The van der Waals surface area contributed by atoms with Crippen LogP contribution in [0.1, 0.15) is 34.7 Å². The fourth-order valence-electron chi connectivity index (χ4n) is 4.44. The zero-order valence-electron chi connectivity index (χ0n) is 23.2. The minimum absolute atomic E-state index is 0.0586. The van der Waals surface area contributed by atoms with Crippen molar-refractivity contribution in [1.82, 2.24) is 19.2 Å². The summed E-state index contributed by atoms with van der Waals surface area (Å²) >= 11 is 0. The summed E-state index contributed by atoms with van der Waals surface area (Å²) < 4.78 is 39.6. The summed E-state index contributed by atoms with van der Waals surface area (Å²) in [5, 5.41) is 12.6. The third kappa shape index (κ3) is 6.47. The third-order valence-electron chi connectivity index (χ3n) is 6.94. The molecule has 3 aromatic rings. The standard InChI is InChI=1S/C28H33N5O7S/c1-18-15-33(19(2)17-34)28(36)22-6-5-7-23(31-27(35)24-14-29-12-13-30-24)26(22)40-25(18)16-32(3)41(37,38)21-10-8-20(39-4)9-11-21/h5-14,18-19,25,34H,15-17H2,1-4H3,(H,31,35)/t18-,19+,25+/m1/s1. The van der Waals surface area contributed by atoms with Gasteiger partial charge in [0.25, 0.3) is 11.8 Å². The second kappa shape index (κ2) is 12.6. The smallest absolute Gasteiger partial charge is 0.275 e. The van der Waals surface area contributed by atoms with Gasteiger partial charge < -0.3 is 24.8 Å². The number of nitrogens with one attached hydrogen (secondary N) is 1. The van der Waals surface area contributed by atoms with Gasteiger partial charge >= 0.3 is 0 Å². The number of sulfonamides is 1. The topological polar surface area (TPSA) is 151 Å². The van der Waals surface area contributed by atoms with E-state index in [0.29, 0.717) is 5.75 Å². The predicted octanol–water partition coefficient (Wildman–Crippen LogP) is 2.28. The van der Waals surface area contributed by atoms with Gasteiger partial charge in [-0.1, -0.05) is 13.0 Å². The lowest BCUT2D eigenvalue weighted by Crippen LogP contribution is -2.50. The van der Waals surface area contributed by atoms with Crippen molar-refractivity contribution in [3.63, 3.8) is 0 Å². The van der Waals surface area contributed by atoms with E-state index in [1.165, 1.54) is 54.1 Å².